The van der Waals surface area contributed by atoms with Crippen LogP contribution in [0.4, 0.5) is 11.4 Å². The largest absolute Gasteiger partial charge is 0.373 e. The number of likely N-dealkylation sites (N-methyl/N-ethyl adjacent to an activating group) is 1. The van der Waals surface area contributed by atoms with Crippen molar-refractivity contribution in [3.8, 4) is 0 Å². The molecule has 0 aliphatic carbocycles. The van der Waals surface area contributed by atoms with E-state index >= 15 is 0 Å². The quantitative estimate of drug-likeness (QED) is 0.721. The van der Waals surface area contributed by atoms with Crippen molar-refractivity contribution < 1.29 is 4.79 Å². The highest BCUT2D eigenvalue weighted by molar-refractivity contribution is 6.04. The lowest BCUT2D eigenvalue weighted by molar-refractivity contribution is 0.102. The number of aromatic nitrogens is 2. The van der Waals surface area contributed by atoms with Crippen molar-refractivity contribution in [2.45, 2.75) is 20.3 Å². The summed E-state index contributed by atoms with van der Waals surface area (Å²) in [6, 6.07) is 11.8. The molecule has 3 aromatic rings. The van der Waals surface area contributed by atoms with Crippen LogP contribution < -0.4 is 10.2 Å². The third-order valence-electron chi connectivity index (χ3n) is 4.68. The first-order chi connectivity index (χ1) is 13.0. The van der Waals surface area contributed by atoms with Gasteiger partial charge in [0.15, 0.2) is 0 Å². The molecule has 3 rings (SSSR count). The molecule has 2 aromatic heterocycles. The predicted octanol–water partition coefficient (Wildman–Crippen LogP) is 4.02. The summed E-state index contributed by atoms with van der Waals surface area (Å²) in [6.07, 6.45) is 7.87. The number of rotatable bonds is 6. The molecule has 0 saturated heterocycles. The highest BCUT2D eigenvalue weighted by atomic mass is 16.1. The van der Waals surface area contributed by atoms with E-state index in [1.807, 2.05) is 50.4 Å². The van der Waals surface area contributed by atoms with E-state index in [0.29, 0.717) is 5.56 Å². The van der Waals surface area contributed by atoms with Crippen LogP contribution in [-0.4, -0.2) is 29.5 Å². The zero-order valence-electron chi connectivity index (χ0n) is 15.9. The lowest BCUT2D eigenvalue weighted by atomic mass is 10.1. The first-order valence-electron chi connectivity index (χ1n) is 8.96. The molecular formula is C22H24N4O. The summed E-state index contributed by atoms with van der Waals surface area (Å²) in [6.45, 7) is 4.91. The molecule has 0 spiro atoms. The van der Waals surface area contributed by atoms with E-state index in [4.69, 9.17) is 0 Å². The third-order valence-corrected chi connectivity index (χ3v) is 4.68. The Morgan fingerprint density at radius 2 is 1.78 bits per heavy atom. The molecule has 0 aliphatic heterocycles. The smallest absolute Gasteiger partial charge is 0.257 e. The summed E-state index contributed by atoms with van der Waals surface area (Å²) in [5.74, 6) is -0.157. The molecule has 0 bridgehead atoms. The number of pyridine rings is 2. The van der Waals surface area contributed by atoms with Gasteiger partial charge in [-0.25, -0.2) is 0 Å². The number of carbonyl (C=O) groups excluding carboxylic acids is 1. The number of amides is 1. The highest BCUT2D eigenvalue weighted by Crippen LogP contribution is 2.17. The van der Waals surface area contributed by atoms with Crippen molar-refractivity contribution in [3.05, 3.63) is 83.4 Å². The second kappa shape index (κ2) is 8.45. The molecule has 1 aromatic carbocycles. The normalized spacial score (nSPS) is 10.5. The minimum Gasteiger partial charge on any atom is -0.373 e. The maximum atomic E-state index is 12.6. The van der Waals surface area contributed by atoms with Gasteiger partial charge in [-0.15, -0.1) is 0 Å². The van der Waals surface area contributed by atoms with Crippen LogP contribution in [0.1, 0.15) is 27.0 Å². The number of aryl methyl sites for hydroxylation is 2. The zero-order valence-corrected chi connectivity index (χ0v) is 15.9. The Kier molecular flexibility index (Phi) is 5.81. The average Bonchev–Trinajstić information content (AvgIpc) is 2.70. The first kappa shape index (κ1) is 18.6. The van der Waals surface area contributed by atoms with Gasteiger partial charge >= 0.3 is 0 Å². The number of hydrogen-bond acceptors (Lipinski definition) is 4. The molecule has 1 N–H and O–H groups in total. The molecule has 2 heterocycles. The van der Waals surface area contributed by atoms with Gasteiger partial charge in [-0.05, 0) is 67.3 Å². The van der Waals surface area contributed by atoms with Crippen LogP contribution in [-0.2, 0) is 6.42 Å². The van der Waals surface area contributed by atoms with Gasteiger partial charge in [-0.2, -0.15) is 0 Å². The van der Waals surface area contributed by atoms with Crippen molar-refractivity contribution in [2.75, 3.05) is 23.8 Å². The molecule has 0 fully saturated rings. The Morgan fingerprint density at radius 1 is 1.00 bits per heavy atom. The summed E-state index contributed by atoms with van der Waals surface area (Å²) >= 11 is 0. The van der Waals surface area contributed by atoms with Crippen molar-refractivity contribution in [2.24, 2.45) is 0 Å². The summed E-state index contributed by atoms with van der Waals surface area (Å²) in [4.78, 5) is 23.0. The van der Waals surface area contributed by atoms with E-state index < -0.39 is 0 Å². The fourth-order valence-corrected chi connectivity index (χ4v) is 2.76. The number of hydrogen-bond donors (Lipinski definition) is 1. The molecule has 0 atom stereocenters. The van der Waals surface area contributed by atoms with Crippen molar-refractivity contribution in [1.29, 1.82) is 0 Å². The van der Waals surface area contributed by atoms with Crippen LogP contribution >= 0.6 is 0 Å². The number of nitrogens with zero attached hydrogens (tertiary/aromatic N) is 3. The minimum absolute atomic E-state index is 0.157. The monoisotopic (exact) mass is 360 g/mol. The predicted molar refractivity (Wildman–Crippen MR) is 109 cm³/mol. The lowest BCUT2D eigenvalue weighted by Crippen LogP contribution is -2.21. The highest BCUT2D eigenvalue weighted by Gasteiger charge is 2.10. The molecule has 0 unspecified atom stereocenters. The number of benzene rings is 1. The summed E-state index contributed by atoms with van der Waals surface area (Å²) < 4.78 is 0. The fourth-order valence-electron chi connectivity index (χ4n) is 2.76. The number of nitrogens with one attached hydrogen (secondary N) is 1. The maximum absolute atomic E-state index is 12.6. The Morgan fingerprint density at radius 3 is 2.52 bits per heavy atom. The first-order valence-corrected chi connectivity index (χ1v) is 8.96. The average molecular weight is 360 g/mol. The summed E-state index contributed by atoms with van der Waals surface area (Å²) in [5.41, 5.74) is 5.83. The number of anilines is 2. The Labute approximate surface area is 160 Å². The van der Waals surface area contributed by atoms with Gasteiger partial charge in [0.2, 0.25) is 0 Å². The van der Waals surface area contributed by atoms with Crippen molar-refractivity contribution in [3.63, 3.8) is 0 Å². The van der Waals surface area contributed by atoms with Crippen LogP contribution in [0.25, 0.3) is 0 Å². The Balaban J connectivity index is 1.66. The zero-order chi connectivity index (χ0) is 19.2. The number of carbonyl (C=O) groups is 1. The maximum Gasteiger partial charge on any atom is 0.257 e. The second-order valence-corrected chi connectivity index (χ2v) is 6.71. The van der Waals surface area contributed by atoms with E-state index in [9.17, 15) is 4.79 Å². The molecule has 0 radical (unpaired) electrons. The van der Waals surface area contributed by atoms with Gasteiger partial charge in [-0.3, -0.25) is 14.8 Å². The third kappa shape index (κ3) is 4.91. The van der Waals surface area contributed by atoms with Crippen molar-refractivity contribution >= 4 is 17.3 Å². The van der Waals surface area contributed by atoms with Gasteiger partial charge in [0.25, 0.3) is 5.91 Å². The summed E-state index contributed by atoms with van der Waals surface area (Å²) in [7, 11) is 2.00. The van der Waals surface area contributed by atoms with Gasteiger partial charge in [0.05, 0.1) is 17.4 Å². The Hall–Kier alpha value is -3.21. The van der Waals surface area contributed by atoms with E-state index in [2.05, 4.69) is 27.1 Å². The van der Waals surface area contributed by atoms with E-state index in [1.54, 1.807) is 24.8 Å². The van der Waals surface area contributed by atoms with Crippen LogP contribution in [0.5, 0.6) is 0 Å². The van der Waals surface area contributed by atoms with Crippen molar-refractivity contribution in [1.82, 2.24) is 9.97 Å². The summed E-state index contributed by atoms with van der Waals surface area (Å²) in [5, 5.41) is 2.95. The fraction of sp³-hybridized carbons (Fsp3) is 0.227. The molecule has 5 nitrogen and oxygen atoms in total. The second-order valence-electron chi connectivity index (χ2n) is 6.71. The van der Waals surface area contributed by atoms with Gasteiger partial charge < -0.3 is 10.2 Å². The van der Waals surface area contributed by atoms with E-state index in [-0.39, 0.29) is 5.91 Å². The SMILES string of the molecule is Cc1ccc(NC(=O)c2cncc(N(C)CCc3ccncc3)c2)cc1C. The van der Waals surface area contributed by atoms with Crippen LogP contribution in [0.15, 0.2) is 61.2 Å². The van der Waals surface area contributed by atoms with E-state index in [0.717, 1.165) is 29.9 Å². The molecule has 0 aliphatic rings. The lowest BCUT2D eigenvalue weighted by Gasteiger charge is -2.19. The van der Waals surface area contributed by atoms with Gasteiger partial charge in [-0.1, -0.05) is 6.07 Å². The van der Waals surface area contributed by atoms with Crippen LogP contribution in [0, 0.1) is 13.8 Å². The molecular weight excluding hydrogens is 336 g/mol. The molecule has 1 amide bonds. The standard InChI is InChI=1S/C22H24N4O/c1-16-4-5-20(12-17(16)2)25-22(27)19-13-21(15-24-14-19)26(3)11-8-18-6-9-23-10-7-18/h4-7,9-10,12-15H,8,11H2,1-3H3,(H,25,27). The topological polar surface area (TPSA) is 58.1 Å². The molecule has 138 valence electrons. The van der Waals surface area contributed by atoms with Crippen LogP contribution in [0.2, 0.25) is 0 Å². The van der Waals surface area contributed by atoms with Crippen LogP contribution in [0.3, 0.4) is 0 Å². The Bertz CT molecular complexity index is 925. The molecule has 27 heavy (non-hydrogen) atoms. The minimum atomic E-state index is -0.157. The van der Waals surface area contributed by atoms with Gasteiger partial charge in [0, 0.05) is 37.9 Å². The van der Waals surface area contributed by atoms with E-state index in [1.165, 1.54) is 11.1 Å². The molecule has 0 saturated carbocycles. The molecule has 5 heteroatoms. The van der Waals surface area contributed by atoms with Gasteiger partial charge in [0.1, 0.15) is 0 Å².